The molecular weight excluding hydrogens is 293 g/mol. The Morgan fingerprint density at radius 1 is 1.13 bits per heavy atom. The highest BCUT2D eigenvalue weighted by molar-refractivity contribution is 5.91. The molecule has 0 bridgehead atoms. The van der Waals surface area contributed by atoms with Crippen LogP contribution in [0.15, 0.2) is 54.6 Å². The van der Waals surface area contributed by atoms with Crippen LogP contribution in [0.2, 0.25) is 0 Å². The average molecular weight is 313 g/mol. The molecule has 0 saturated carbocycles. The molecule has 0 atom stereocenters. The third-order valence-electron chi connectivity index (χ3n) is 3.40. The molecule has 0 aliphatic heterocycles. The third-order valence-corrected chi connectivity index (χ3v) is 3.40. The molecule has 1 N–H and O–H groups in total. The van der Waals surface area contributed by atoms with Crippen LogP contribution in [0.5, 0.6) is 5.75 Å². The van der Waals surface area contributed by atoms with Gasteiger partial charge in [-0.3, -0.25) is 4.79 Å². The maximum absolute atomic E-state index is 12.8. The summed E-state index contributed by atoms with van der Waals surface area (Å²) in [5, 5.41) is 2.83. The summed E-state index contributed by atoms with van der Waals surface area (Å²) in [5.41, 5.74) is 2.00. The Bertz CT molecular complexity index is 648. The molecule has 1 amide bonds. The third kappa shape index (κ3) is 5.94. The molecule has 0 radical (unpaired) electrons. The number of rotatable bonds is 7. The topological polar surface area (TPSA) is 38.3 Å². The summed E-state index contributed by atoms with van der Waals surface area (Å²) in [4.78, 5) is 11.7. The first kappa shape index (κ1) is 16.7. The highest BCUT2D eigenvalue weighted by Crippen LogP contribution is 2.12. The monoisotopic (exact) mass is 313 g/mol. The van der Waals surface area contributed by atoms with Crippen molar-refractivity contribution in [2.45, 2.75) is 12.8 Å². The summed E-state index contributed by atoms with van der Waals surface area (Å²) in [6.45, 7) is 0.586. The fraction of sp³-hybridized carbons (Fsp3) is 0.211. The summed E-state index contributed by atoms with van der Waals surface area (Å²) in [6, 6.07) is 13.9. The van der Waals surface area contributed by atoms with E-state index in [-0.39, 0.29) is 11.7 Å². The van der Waals surface area contributed by atoms with Crippen molar-refractivity contribution in [3.05, 3.63) is 71.6 Å². The van der Waals surface area contributed by atoms with Gasteiger partial charge in [0.25, 0.3) is 0 Å². The Morgan fingerprint density at radius 3 is 2.48 bits per heavy atom. The van der Waals surface area contributed by atoms with E-state index in [0.29, 0.717) is 6.54 Å². The van der Waals surface area contributed by atoms with Crippen molar-refractivity contribution < 1.29 is 13.9 Å². The van der Waals surface area contributed by atoms with Crippen LogP contribution < -0.4 is 10.1 Å². The first-order chi connectivity index (χ1) is 11.2. The molecule has 0 aliphatic rings. The quantitative estimate of drug-likeness (QED) is 0.626. The molecule has 23 heavy (non-hydrogen) atoms. The lowest BCUT2D eigenvalue weighted by Crippen LogP contribution is -2.22. The molecule has 120 valence electrons. The van der Waals surface area contributed by atoms with Crippen LogP contribution in [0.4, 0.5) is 4.39 Å². The summed E-state index contributed by atoms with van der Waals surface area (Å²) in [7, 11) is 1.62. The van der Waals surface area contributed by atoms with E-state index in [1.54, 1.807) is 25.3 Å². The van der Waals surface area contributed by atoms with Crippen LogP contribution in [0.1, 0.15) is 17.5 Å². The molecule has 0 aromatic heterocycles. The maximum atomic E-state index is 12.8. The molecule has 2 rings (SSSR count). The van der Waals surface area contributed by atoms with E-state index < -0.39 is 0 Å². The molecular formula is C19H20FNO2. The maximum Gasteiger partial charge on any atom is 0.243 e. The highest BCUT2D eigenvalue weighted by atomic mass is 19.1. The van der Waals surface area contributed by atoms with E-state index in [1.807, 2.05) is 24.3 Å². The van der Waals surface area contributed by atoms with Gasteiger partial charge in [0.2, 0.25) is 5.91 Å². The largest absolute Gasteiger partial charge is 0.497 e. The summed E-state index contributed by atoms with van der Waals surface area (Å²) in [6.07, 6.45) is 4.89. The van der Waals surface area contributed by atoms with Gasteiger partial charge in [-0.05, 0) is 54.3 Å². The second-order valence-electron chi connectivity index (χ2n) is 5.13. The minimum Gasteiger partial charge on any atom is -0.497 e. The fourth-order valence-electron chi connectivity index (χ4n) is 2.10. The van der Waals surface area contributed by atoms with Gasteiger partial charge in [0.15, 0.2) is 0 Å². The van der Waals surface area contributed by atoms with Gasteiger partial charge in [0.05, 0.1) is 7.11 Å². The molecule has 0 unspecified atom stereocenters. The van der Waals surface area contributed by atoms with Gasteiger partial charge >= 0.3 is 0 Å². The molecule has 2 aromatic carbocycles. The van der Waals surface area contributed by atoms with Gasteiger partial charge in [0, 0.05) is 12.6 Å². The van der Waals surface area contributed by atoms with Crippen molar-refractivity contribution in [2.75, 3.05) is 13.7 Å². The van der Waals surface area contributed by atoms with Crippen molar-refractivity contribution in [3.8, 4) is 5.75 Å². The fourth-order valence-corrected chi connectivity index (χ4v) is 2.10. The molecule has 0 saturated heterocycles. The van der Waals surface area contributed by atoms with Gasteiger partial charge in [-0.15, -0.1) is 0 Å². The lowest BCUT2D eigenvalue weighted by molar-refractivity contribution is -0.116. The van der Waals surface area contributed by atoms with Gasteiger partial charge < -0.3 is 10.1 Å². The Morgan fingerprint density at radius 2 is 1.83 bits per heavy atom. The summed E-state index contributed by atoms with van der Waals surface area (Å²) >= 11 is 0. The smallest absolute Gasteiger partial charge is 0.243 e. The van der Waals surface area contributed by atoms with Crippen LogP contribution in [-0.2, 0) is 11.2 Å². The standard InChI is InChI=1S/C19H20FNO2/c1-23-18-11-6-16(7-12-18)8-13-19(22)21-14-2-3-15-4-9-17(20)10-5-15/h4-13H,2-3,14H2,1H3,(H,21,22)/b13-8+. The molecule has 0 heterocycles. The van der Waals surface area contributed by atoms with E-state index in [2.05, 4.69) is 5.32 Å². The van der Waals surface area contributed by atoms with E-state index in [4.69, 9.17) is 4.74 Å². The van der Waals surface area contributed by atoms with E-state index in [1.165, 1.54) is 18.2 Å². The van der Waals surface area contributed by atoms with Gasteiger partial charge in [-0.1, -0.05) is 24.3 Å². The second kappa shape index (κ2) is 8.73. The van der Waals surface area contributed by atoms with Crippen molar-refractivity contribution >= 4 is 12.0 Å². The predicted molar refractivity (Wildman–Crippen MR) is 89.8 cm³/mol. The number of carbonyl (C=O) groups excluding carboxylic acids is 1. The highest BCUT2D eigenvalue weighted by Gasteiger charge is 1.97. The van der Waals surface area contributed by atoms with Gasteiger partial charge in [0.1, 0.15) is 11.6 Å². The van der Waals surface area contributed by atoms with Crippen LogP contribution >= 0.6 is 0 Å². The summed E-state index contributed by atoms with van der Waals surface area (Å²) in [5.74, 6) is 0.429. The van der Waals surface area contributed by atoms with Crippen molar-refractivity contribution in [2.24, 2.45) is 0 Å². The zero-order valence-electron chi connectivity index (χ0n) is 13.1. The van der Waals surface area contributed by atoms with E-state index in [9.17, 15) is 9.18 Å². The Hall–Kier alpha value is -2.62. The predicted octanol–water partition coefficient (Wildman–Crippen LogP) is 3.60. The normalized spacial score (nSPS) is 10.7. The number of nitrogens with one attached hydrogen (secondary N) is 1. The van der Waals surface area contributed by atoms with Crippen molar-refractivity contribution in [3.63, 3.8) is 0 Å². The Labute approximate surface area is 135 Å². The van der Waals surface area contributed by atoms with Crippen LogP contribution in [0, 0.1) is 5.82 Å². The Balaban J connectivity index is 1.69. The number of amides is 1. The number of ether oxygens (including phenoxy) is 1. The number of halogens is 1. The number of hydrogen-bond donors (Lipinski definition) is 1. The average Bonchev–Trinajstić information content (AvgIpc) is 2.59. The van der Waals surface area contributed by atoms with E-state index in [0.717, 1.165) is 29.7 Å². The van der Waals surface area contributed by atoms with Crippen molar-refractivity contribution in [1.29, 1.82) is 0 Å². The zero-order chi connectivity index (χ0) is 16.5. The number of methoxy groups -OCH3 is 1. The zero-order valence-corrected chi connectivity index (χ0v) is 13.1. The molecule has 2 aromatic rings. The van der Waals surface area contributed by atoms with Crippen LogP contribution in [0.3, 0.4) is 0 Å². The number of aryl methyl sites for hydroxylation is 1. The SMILES string of the molecule is COc1ccc(/C=C/C(=O)NCCCc2ccc(F)cc2)cc1. The first-order valence-electron chi connectivity index (χ1n) is 7.52. The molecule has 0 fully saturated rings. The van der Waals surface area contributed by atoms with Crippen molar-refractivity contribution in [1.82, 2.24) is 5.32 Å². The lowest BCUT2D eigenvalue weighted by Gasteiger charge is -2.03. The molecule has 0 spiro atoms. The number of carbonyl (C=O) groups is 1. The first-order valence-corrected chi connectivity index (χ1v) is 7.52. The lowest BCUT2D eigenvalue weighted by atomic mass is 10.1. The summed E-state index contributed by atoms with van der Waals surface area (Å²) < 4.78 is 17.9. The minimum atomic E-state index is -0.231. The number of hydrogen-bond acceptors (Lipinski definition) is 2. The van der Waals surface area contributed by atoms with E-state index >= 15 is 0 Å². The second-order valence-corrected chi connectivity index (χ2v) is 5.13. The molecule has 0 aliphatic carbocycles. The molecule has 4 heteroatoms. The van der Waals surface area contributed by atoms with Gasteiger partial charge in [-0.2, -0.15) is 0 Å². The minimum absolute atomic E-state index is 0.125. The number of benzene rings is 2. The van der Waals surface area contributed by atoms with Gasteiger partial charge in [-0.25, -0.2) is 4.39 Å². The molecule has 3 nitrogen and oxygen atoms in total. The Kier molecular flexibility index (Phi) is 6.36. The van der Waals surface area contributed by atoms with Crippen LogP contribution in [0.25, 0.3) is 6.08 Å². The van der Waals surface area contributed by atoms with Crippen LogP contribution in [-0.4, -0.2) is 19.6 Å².